The summed E-state index contributed by atoms with van der Waals surface area (Å²) in [5, 5.41) is -0.0228. The normalized spacial score (nSPS) is 11.1. The predicted octanol–water partition coefficient (Wildman–Crippen LogP) is 2.93. The lowest BCUT2D eigenvalue weighted by atomic mass is 10.1. The van der Waals surface area contributed by atoms with Crippen molar-refractivity contribution in [1.29, 1.82) is 0 Å². The molecule has 0 aliphatic heterocycles. The number of ketones is 1. The molecule has 0 unspecified atom stereocenters. The van der Waals surface area contributed by atoms with Crippen molar-refractivity contribution in [3.63, 3.8) is 0 Å². The van der Waals surface area contributed by atoms with Gasteiger partial charge in [-0.05, 0) is 36.4 Å². The molecule has 6 nitrogen and oxygen atoms in total. The highest BCUT2D eigenvalue weighted by Crippen LogP contribution is 2.22. The number of sulfone groups is 1. The fraction of sp³-hybridized carbons (Fsp3) is 0.176. The molecule has 0 atom stereocenters. The number of esters is 1. The molecule has 0 amide bonds. The average molecular weight is 401 g/mol. The van der Waals surface area contributed by atoms with Crippen molar-refractivity contribution >= 4 is 33.2 Å². The van der Waals surface area contributed by atoms with E-state index in [9.17, 15) is 22.4 Å². The summed E-state index contributed by atoms with van der Waals surface area (Å²) >= 11 is 5.88. The van der Waals surface area contributed by atoms with Crippen molar-refractivity contribution in [2.24, 2.45) is 0 Å². The van der Waals surface area contributed by atoms with Gasteiger partial charge in [0.15, 0.2) is 33.8 Å². The molecule has 9 heteroatoms. The van der Waals surface area contributed by atoms with Crippen LogP contribution in [0.2, 0.25) is 5.02 Å². The second-order valence-corrected chi connectivity index (χ2v) is 7.69. The highest BCUT2D eigenvalue weighted by molar-refractivity contribution is 7.90. The van der Waals surface area contributed by atoms with E-state index < -0.39 is 34.0 Å². The molecule has 2 aromatic carbocycles. The molecule has 0 aromatic heterocycles. The summed E-state index contributed by atoms with van der Waals surface area (Å²) in [5.74, 6) is -2.37. The van der Waals surface area contributed by atoms with Gasteiger partial charge in [-0.25, -0.2) is 17.6 Å². The Morgan fingerprint density at radius 2 is 1.85 bits per heavy atom. The van der Waals surface area contributed by atoms with E-state index in [1.165, 1.54) is 31.4 Å². The van der Waals surface area contributed by atoms with Gasteiger partial charge in [-0.1, -0.05) is 11.6 Å². The maximum absolute atomic E-state index is 13.6. The molecular formula is C17H14ClFO6S. The van der Waals surface area contributed by atoms with Crippen molar-refractivity contribution in [2.45, 2.75) is 4.90 Å². The Kier molecular flexibility index (Phi) is 5.99. The Balaban J connectivity index is 2.13. The highest BCUT2D eigenvalue weighted by Gasteiger charge is 2.18. The fourth-order valence-corrected chi connectivity index (χ4v) is 2.87. The van der Waals surface area contributed by atoms with Crippen LogP contribution >= 0.6 is 11.6 Å². The second kappa shape index (κ2) is 7.84. The van der Waals surface area contributed by atoms with Crippen molar-refractivity contribution in [3.8, 4) is 5.75 Å². The molecule has 0 saturated heterocycles. The molecule has 0 N–H and O–H groups in total. The van der Waals surface area contributed by atoms with Crippen molar-refractivity contribution < 1.29 is 31.9 Å². The Labute approximate surface area is 154 Å². The van der Waals surface area contributed by atoms with Crippen LogP contribution in [0.4, 0.5) is 4.39 Å². The minimum Gasteiger partial charge on any atom is -0.494 e. The van der Waals surface area contributed by atoms with E-state index in [1.54, 1.807) is 0 Å². The Morgan fingerprint density at radius 1 is 1.15 bits per heavy atom. The third-order valence-corrected chi connectivity index (χ3v) is 4.83. The molecule has 0 radical (unpaired) electrons. The zero-order valence-electron chi connectivity index (χ0n) is 13.8. The zero-order valence-corrected chi connectivity index (χ0v) is 15.4. The SMILES string of the molecule is COc1ccc(C(=O)COC(=O)c2cc(S(C)(=O)=O)ccc2Cl)cc1F. The van der Waals surface area contributed by atoms with Crippen molar-refractivity contribution in [2.75, 3.05) is 20.0 Å². The lowest BCUT2D eigenvalue weighted by molar-refractivity contribution is 0.0474. The average Bonchev–Trinajstić information content (AvgIpc) is 2.58. The minimum atomic E-state index is -3.55. The molecule has 138 valence electrons. The summed E-state index contributed by atoms with van der Waals surface area (Å²) in [6.45, 7) is -0.663. The third-order valence-electron chi connectivity index (χ3n) is 3.39. The zero-order chi connectivity index (χ0) is 19.5. The summed E-state index contributed by atoms with van der Waals surface area (Å²) in [5.41, 5.74) is -0.199. The highest BCUT2D eigenvalue weighted by atomic mass is 35.5. The Hall–Kier alpha value is -2.45. The molecular weight excluding hydrogens is 387 g/mol. The molecule has 0 heterocycles. The number of methoxy groups -OCH3 is 1. The van der Waals surface area contributed by atoms with Crippen LogP contribution < -0.4 is 4.74 Å². The van der Waals surface area contributed by atoms with Crippen LogP contribution in [0.3, 0.4) is 0 Å². The van der Waals surface area contributed by atoms with Gasteiger partial charge in [0, 0.05) is 11.8 Å². The standard InChI is InChI=1S/C17H14ClFO6S/c1-24-16-6-3-10(7-14(16)19)15(20)9-25-17(21)12-8-11(26(2,22)23)4-5-13(12)18/h3-8H,9H2,1-2H3. The van der Waals surface area contributed by atoms with Gasteiger partial charge in [0.1, 0.15) is 0 Å². The van der Waals surface area contributed by atoms with Gasteiger partial charge in [0.05, 0.1) is 22.6 Å². The van der Waals surface area contributed by atoms with Crippen LogP contribution in [0.5, 0.6) is 5.75 Å². The molecule has 0 aliphatic rings. The molecule has 2 aromatic rings. The minimum absolute atomic E-state index is 0.00733. The predicted molar refractivity (Wildman–Crippen MR) is 92.1 cm³/mol. The summed E-state index contributed by atoms with van der Waals surface area (Å²) in [7, 11) is -2.26. The van der Waals surface area contributed by atoms with E-state index in [4.69, 9.17) is 21.1 Å². The summed E-state index contributed by atoms with van der Waals surface area (Å²) < 4.78 is 46.4. The lowest BCUT2D eigenvalue weighted by Gasteiger charge is -2.08. The first-order chi connectivity index (χ1) is 12.1. The maximum Gasteiger partial charge on any atom is 0.340 e. The van der Waals surface area contributed by atoms with E-state index in [0.29, 0.717) is 0 Å². The first kappa shape index (κ1) is 19.9. The topological polar surface area (TPSA) is 86.7 Å². The van der Waals surface area contributed by atoms with E-state index in [-0.39, 0.29) is 26.8 Å². The van der Waals surface area contributed by atoms with Crippen LogP contribution in [0, 0.1) is 5.82 Å². The van der Waals surface area contributed by atoms with Crippen LogP contribution in [0.25, 0.3) is 0 Å². The van der Waals surface area contributed by atoms with Crippen molar-refractivity contribution in [3.05, 3.63) is 58.4 Å². The number of Topliss-reactive ketones (excluding diaryl/α,β-unsaturated/α-hetero) is 1. The first-order valence-corrected chi connectivity index (χ1v) is 9.44. The molecule has 0 fully saturated rings. The van der Waals surface area contributed by atoms with Gasteiger partial charge >= 0.3 is 5.97 Å². The first-order valence-electron chi connectivity index (χ1n) is 7.17. The largest absolute Gasteiger partial charge is 0.494 e. The van der Waals surface area contributed by atoms with Gasteiger partial charge in [0.25, 0.3) is 0 Å². The van der Waals surface area contributed by atoms with E-state index in [1.807, 2.05) is 0 Å². The van der Waals surface area contributed by atoms with Gasteiger partial charge in [-0.3, -0.25) is 4.79 Å². The molecule has 0 bridgehead atoms. The smallest absolute Gasteiger partial charge is 0.340 e. The third kappa shape index (κ3) is 4.59. The molecule has 0 spiro atoms. The number of hydrogen-bond donors (Lipinski definition) is 0. The summed E-state index contributed by atoms with van der Waals surface area (Å²) in [6.07, 6.45) is 0.979. The number of rotatable bonds is 6. The second-order valence-electron chi connectivity index (χ2n) is 5.26. The molecule has 0 aliphatic carbocycles. The van der Waals surface area contributed by atoms with Gasteiger partial charge < -0.3 is 9.47 Å². The maximum atomic E-state index is 13.6. The van der Waals surface area contributed by atoms with E-state index in [0.717, 1.165) is 18.4 Å². The summed E-state index contributed by atoms with van der Waals surface area (Å²) in [4.78, 5) is 24.0. The Bertz CT molecular complexity index is 971. The number of carbonyl (C=O) groups excluding carboxylic acids is 2. The van der Waals surface area contributed by atoms with Crippen LogP contribution in [0.15, 0.2) is 41.3 Å². The molecule has 0 saturated carbocycles. The number of halogens is 2. The van der Waals surface area contributed by atoms with Gasteiger partial charge in [-0.15, -0.1) is 0 Å². The number of ether oxygens (including phenoxy) is 2. The monoisotopic (exact) mass is 400 g/mol. The quantitative estimate of drug-likeness (QED) is 0.547. The lowest BCUT2D eigenvalue weighted by Crippen LogP contribution is -2.15. The molecule has 26 heavy (non-hydrogen) atoms. The number of carbonyl (C=O) groups is 2. The Morgan fingerprint density at radius 3 is 2.42 bits per heavy atom. The van der Waals surface area contributed by atoms with E-state index in [2.05, 4.69) is 0 Å². The van der Waals surface area contributed by atoms with Gasteiger partial charge in [0.2, 0.25) is 0 Å². The van der Waals surface area contributed by atoms with E-state index >= 15 is 0 Å². The van der Waals surface area contributed by atoms with Crippen molar-refractivity contribution in [1.82, 2.24) is 0 Å². The van der Waals surface area contributed by atoms with Crippen LogP contribution in [-0.4, -0.2) is 40.1 Å². The van der Waals surface area contributed by atoms with Crippen LogP contribution in [0.1, 0.15) is 20.7 Å². The summed E-state index contributed by atoms with van der Waals surface area (Å²) in [6, 6.07) is 7.13. The number of benzene rings is 2. The molecule has 2 rings (SSSR count). The fourth-order valence-electron chi connectivity index (χ4n) is 2.02. The van der Waals surface area contributed by atoms with Crippen LogP contribution in [-0.2, 0) is 14.6 Å². The van der Waals surface area contributed by atoms with Gasteiger partial charge in [-0.2, -0.15) is 0 Å². The number of hydrogen-bond acceptors (Lipinski definition) is 6.